The fourth-order valence-corrected chi connectivity index (χ4v) is 2.49. The van der Waals surface area contributed by atoms with E-state index in [-0.39, 0.29) is 37.3 Å². The molecule has 28 heavy (non-hydrogen) atoms. The number of carbonyl (C=O) groups is 3. The molecule has 0 aliphatic heterocycles. The summed E-state index contributed by atoms with van der Waals surface area (Å²) in [5.74, 6) is -1.05. The summed E-state index contributed by atoms with van der Waals surface area (Å²) in [5.41, 5.74) is 2.70. The van der Waals surface area contributed by atoms with Gasteiger partial charge in [-0.3, -0.25) is 19.2 Å². The van der Waals surface area contributed by atoms with E-state index >= 15 is 0 Å². The molecule has 7 heteroatoms. The molecule has 7 nitrogen and oxygen atoms in total. The number of rotatable bonds is 10. The molecular formula is C21H31N3O4. The van der Waals surface area contributed by atoms with Crippen molar-refractivity contribution >= 4 is 17.7 Å². The van der Waals surface area contributed by atoms with E-state index in [4.69, 9.17) is 4.84 Å². The Morgan fingerprint density at radius 1 is 1.07 bits per heavy atom. The van der Waals surface area contributed by atoms with E-state index in [2.05, 4.69) is 22.7 Å². The van der Waals surface area contributed by atoms with Gasteiger partial charge in [0.25, 0.3) is 0 Å². The Bertz CT molecular complexity index is 668. The average Bonchev–Trinajstić information content (AvgIpc) is 2.64. The molecule has 0 saturated heterocycles. The standard InChI is InChI=1S/C21H31N3O4/c1-6-14-28-24-18(26)13-12-17(25)23-19(21(3,4)5)20(27)22-15(2)16-10-8-7-9-11-16/h6-11,15,19H,1,12-14H2,2-5H3,(H,22,27)(H,23,25)(H,24,26)/t15-,19-/m1/s1. The van der Waals surface area contributed by atoms with E-state index in [1.165, 1.54) is 6.08 Å². The first-order chi connectivity index (χ1) is 13.1. The Balaban J connectivity index is 2.62. The maximum absolute atomic E-state index is 12.8. The van der Waals surface area contributed by atoms with Crippen LogP contribution in [0.1, 0.15) is 52.1 Å². The van der Waals surface area contributed by atoms with Gasteiger partial charge >= 0.3 is 0 Å². The van der Waals surface area contributed by atoms with Crippen LogP contribution in [0.25, 0.3) is 0 Å². The van der Waals surface area contributed by atoms with Crippen LogP contribution in [0.2, 0.25) is 0 Å². The summed E-state index contributed by atoms with van der Waals surface area (Å²) in [5, 5.41) is 5.69. The van der Waals surface area contributed by atoms with E-state index in [0.29, 0.717) is 0 Å². The second-order valence-electron chi connectivity index (χ2n) is 7.63. The molecule has 3 amide bonds. The van der Waals surface area contributed by atoms with Crippen molar-refractivity contribution in [1.82, 2.24) is 16.1 Å². The Labute approximate surface area is 166 Å². The van der Waals surface area contributed by atoms with Gasteiger partial charge in [-0.15, -0.1) is 6.58 Å². The normalized spacial score (nSPS) is 13.1. The molecule has 0 heterocycles. The monoisotopic (exact) mass is 389 g/mol. The maximum Gasteiger partial charge on any atom is 0.244 e. The van der Waals surface area contributed by atoms with Gasteiger partial charge in [-0.05, 0) is 17.9 Å². The van der Waals surface area contributed by atoms with E-state index in [1.54, 1.807) is 0 Å². The fraction of sp³-hybridized carbons (Fsp3) is 0.476. The fourth-order valence-electron chi connectivity index (χ4n) is 2.49. The minimum atomic E-state index is -0.730. The molecule has 0 fully saturated rings. The molecule has 0 aromatic heterocycles. The second kappa shape index (κ2) is 11.2. The third kappa shape index (κ3) is 8.35. The lowest BCUT2D eigenvalue weighted by Crippen LogP contribution is -2.54. The zero-order valence-electron chi connectivity index (χ0n) is 17.1. The van der Waals surface area contributed by atoms with Crippen LogP contribution in [0, 0.1) is 5.41 Å². The predicted molar refractivity (Wildman–Crippen MR) is 108 cm³/mol. The lowest BCUT2D eigenvalue weighted by molar-refractivity contribution is -0.135. The molecule has 0 bridgehead atoms. The maximum atomic E-state index is 12.8. The van der Waals surface area contributed by atoms with Gasteiger partial charge in [0.2, 0.25) is 17.7 Å². The van der Waals surface area contributed by atoms with Crippen LogP contribution < -0.4 is 16.1 Å². The van der Waals surface area contributed by atoms with Gasteiger partial charge in [0.15, 0.2) is 0 Å². The van der Waals surface area contributed by atoms with Gasteiger partial charge in [0.05, 0.1) is 12.6 Å². The van der Waals surface area contributed by atoms with E-state index in [1.807, 2.05) is 58.0 Å². The highest BCUT2D eigenvalue weighted by atomic mass is 16.6. The van der Waals surface area contributed by atoms with E-state index in [9.17, 15) is 14.4 Å². The van der Waals surface area contributed by atoms with Crippen molar-refractivity contribution in [2.24, 2.45) is 5.41 Å². The molecule has 0 aliphatic carbocycles. The Hall–Kier alpha value is -2.67. The quantitative estimate of drug-likeness (QED) is 0.325. The zero-order chi connectivity index (χ0) is 21.2. The van der Waals surface area contributed by atoms with Gasteiger partial charge in [0.1, 0.15) is 6.04 Å². The Morgan fingerprint density at radius 2 is 1.68 bits per heavy atom. The molecule has 0 spiro atoms. The van der Waals surface area contributed by atoms with Gasteiger partial charge in [0, 0.05) is 12.8 Å². The van der Waals surface area contributed by atoms with Crippen LogP contribution in [0.4, 0.5) is 0 Å². The van der Waals surface area contributed by atoms with Gasteiger partial charge in [-0.25, -0.2) is 5.48 Å². The number of hydrogen-bond acceptors (Lipinski definition) is 4. The molecule has 0 aliphatic rings. The minimum Gasteiger partial charge on any atom is -0.348 e. The first-order valence-corrected chi connectivity index (χ1v) is 9.31. The molecule has 1 aromatic rings. The summed E-state index contributed by atoms with van der Waals surface area (Å²) >= 11 is 0. The molecule has 0 unspecified atom stereocenters. The van der Waals surface area contributed by atoms with E-state index in [0.717, 1.165) is 5.56 Å². The highest BCUT2D eigenvalue weighted by molar-refractivity contribution is 5.90. The van der Waals surface area contributed by atoms with Crippen LogP contribution in [0.3, 0.4) is 0 Å². The van der Waals surface area contributed by atoms with Crippen LogP contribution in [0.5, 0.6) is 0 Å². The molecule has 154 valence electrons. The van der Waals surface area contributed by atoms with Crippen LogP contribution in [0.15, 0.2) is 43.0 Å². The molecule has 0 radical (unpaired) electrons. The number of benzene rings is 1. The van der Waals surface area contributed by atoms with Crippen molar-refractivity contribution in [1.29, 1.82) is 0 Å². The third-order valence-corrected chi connectivity index (χ3v) is 4.06. The largest absolute Gasteiger partial charge is 0.348 e. The van der Waals surface area contributed by atoms with E-state index < -0.39 is 17.4 Å². The van der Waals surface area contributed by atoms with Crippen LogP contribution >= 0.6 is 0 Å². The van der Waals surface area contributed by atoms with Crippen molar-refractivity contribution < 1.29 is 19.2 Å². The molecular weight excluding hydrogens is 358 g/mol. The summed E-state index contributed by atoms with van der Waals surface area (Å²) in [6, 6.07) is 8.67. The van der Waals surface area contributed by atoms with Crippen molar-refractivity contribution in [3.63, 3.8) is 0 Å². The third-order valence-electron chi connectivity index (χ3n) is 4.06. The highest BCUT2D eigenvalue weighted by Crippen LogP contribution is 2.21. The number of hydrogen-bond donors (Lipinski definition) is 3. The average molecular weight is 389 g/mol. The number of carbonyl (C=O) groups excluding carboxylic acids is 3. The van der Waals surface area contributed by atoms with Crippen molar-refractivity contribution in [3.05, 3.63) is 48.6 Å². The lowest BCUT2D eigenvalue weighted by atomic mass is 9.85. The Morgan fingerprint density at radius 3 is 2.25 bits per heavy atom. The lowest BCUT2D eigenvalue weighted by Gasteiger charge is -2.31. The van der Waals surface area contributed by atoms with Crippen LogP contribution in [-0.4, -0.2) is 30.4 Å². The minimum absolute atomic E-state index is 0.0398. The predicted octanol–water partition coefficient (Wildman–Crippen LogP) is 2.41. The summed E-state index contributed by atoms with van der Waals surface area (Å²) in [6.07, 6.45) is 1.41. The molecule has 0 saturated carbocycles. The van der Waals surface area contributed by atoms with Crippen LogP contribution in [-0.2, 0) is 19.2 Å². The highest BCUT2D eigenvalue weighted by Gasteiger charge is 2.33. The van der Waals surface area contributed by atoms with Crippen molar-refractivity contribution in [2.45, 2.75) is 52.6 Å². The first kappa shape index (κ1) is 23.4. The summed E-state index contributed by atoms with van der Waals surface area (Å²) in [7, 11) is 0. The molecule has 1 aromatic carbocycles. The molecule has 1 rings (SSSR count). The zero-order valence-corrected chi connectivity index (χ0v) is 17.1. The van der Waals surface area contributed by atoms with Gasteiger partial charge in [-0.1, -0.05) is 57.2 Å². The van der Waals surface area contributed by atoms with Crippen molar-refractivity contribution in [3.8, 4) is 0 Å². The van der Waals surface area contributed by atoms with Gasteiger partial charge in [-0.2, -0.15) is 0 Å². The summed E-state index contributed by atoms with van der Waals surface area (Å²) < 4.78 is 0. The number of amides is 3. The van der Waals surface area contributed by atoms with Crippen molar-refractivity contribution in [2.75, 3.05) is 6.61 Å². The smallest absolute Gasteiger partial charge is 0.244 e. The van der Waals surface area contributed by atoms with Gasteiger partial charge < -0.3 is 10.6 Å². The summed E-state index contributed by atoms with van der Waals surface area (Å²) in [6.45, 7) is 11.2. The molecule has 3 N–H and O–H groups in total. The molecule has 2 atom stereocenters. The second-order valence-corrected chi connectivity index (χ2v) is 7.63. The Kier molecular flexibility index (Phi) is 9.38. The summed E-state index contributed by atoms with van der Waals surface area (Å²) in [4.78, 5) is 41.5. The number of hydroxylamine groups is 1. The first-order valence-electron chi connectivity index (χ1n) is 9.31. The topological polar surface area (TPSA) is 96.5 Å². The number of nitrogens with one attached hydrogen (secondary N) is 3. The SMILES string of the molecule is C=CCONC(=O)CCC(=O)N[C@H](C(=O)N[C@H](C)c1ccccc1)C(C)(C)C.